The van der Waals surface area contributed by atoms with E-state index in [9.17, 15) is 19.2 Å². The Labute approximate surface area is 336 Å². The van der Waals surface area contributed by atoms with Crippen molar-refractivity contribution in [1.29, 1.82) is 0 Å². The number of aryl methyl sites for hydroxylation is 3. The molecule has 3 fully saturated rings. The third-order valence-electron chi connectivity index (χ3n) is 12.1. The van der Waals surface area contributed by atoms with Gasteiger partial charge in [-0.15, -0.1) is 0 Å². The number of imide groups is 2. The highest BCUT2D eigenvalue weighted by Gasteiger charge is 2.45. The third-order valence-corrected chi connectivity index (χ3v) is 12.1. The average Bonchev–Trinajstić information content (AvgIpc) is 3.67. The molecule has 2 aromatic heterocycles. The predicted octanol–water partition coefficient (Wildman–Crippen LogP) is 4.91. The Balaban J connectivity index is 0.747. The fourth-order valence-corrected chi connectivity index (χ4v) is 8.79. The first-order chi connectivity index (χ1) is 28.1. The topological polar surface area (TPSA) is 161 Å². The number of hydrogen-bond donors (Lipinski definition) is 3. The number of rotatable bonds is 9. The van der Waals surface area contributed by atoms with Crippen molar-refractivity contribution >= 4 is 69.2 Å². The maximum absolute atomic E-state index is 13.3. The van der Waals surface area contributed by atoms with Crippen molar-refractivity contribution < 1.29 is 19.2 Å². The van der Waals surface area contributed by atoms with E-state index in [0.717, 1.165) is 109 Å². The van der Waals surface area contributed by atoms with Gasteiger partial charge < -0.3 is 20.4 Å². The summed E-state index contributed by atoms with van der Waals surface area (Å²) >= 11 is 0. The summed E-state index contributed by atoms with van der Waals surface area (Å²) in [6.07, 6.45) is 4.15. The van der Waals surface area contributed by atoms with Crippen molar-refractivity contribution in [2.75, 3.05) is 66.2 Å². The number of piperidine rings is 2. The predicted molar refractivity (Wildman–Crippen MR) is 222 cm³/mol. The summed E-state index contributed by atoms with van der Waals surface area (Å²) in [6, 6.07) is 19.1. The van der Waals surface area contributed by atoms with Crippen LogP contribution in [0, 0.1) is 19.8 Å². The first-order valence-electron chi connectivity index (χ1n) is 20.1. The summed E-state index contributed by atoms with van der Waals surface area (Å²) in [5.74, 6) is -0.0994. The number of amides is 4. The molecule has 298 valence electrons. The van der Waals surface area contributed by atoms with Crippen LogP contribution in [0.25, 0.3) is 11.0 Å². The van der Waals surface area contributed by atoms with Gasteiger partial charge in [-0.2, -0.15) is 10.1 Å². The van der Waals surface area contributed by atoms with Gasteiger partial charge in [0.25, 0.3) is 11.8 Å². The summed E-state index contributed by atoms with van der Waals surface area (Å²) in [5, 5.41) is 14.6. The minimum Gasteiger partial charge on any atom is -0.371 e. The Hall–Kier alpha value is -6.35. The maximum atomic E-state index is 13.3. The van der Waals surface area contributed by atoms with Gasteiger partial charge in [-0.3, -0.25) is 34.3 Å². The van der Waals surface area contributed by atoms with E-state index < -0.39 is 23.8 Å². The number of anilines is 6. The molecule has 15 nitrogen and oxygen atoms in total. The van der Waals surface area contributed by atoms with E-state index in [4.69, 9.17) is 10.1 Å². The molecule has 4 aliphatic rings. The van der Waals surface area contributed by atoms with Crippen LogP contribution in [0.3, 0.4) is 0 Å². The SMILES string of the molecule is Cc1cccc(C)c1Nc1nn(C)c2nc(Nc3ccc(N4CCN(CC5CCN(c6ccc7c(c6)C(=O)N(C6CCC(=O)NC6=O)C7=O)CC5)CC4)cc3)ncc12. The number of para-hydroxylation sites is 1. The number of benzene rings is 3. The largest absolute Gasteiger partial charge is 0.371 e. The van der Waals surface area contributed by atoms with Gasteiger partial charge in [-0.1, -0.05) is 18.2 Å². The number of hydrogen-bond acceptors (Lipinski definition) is 12. The fraction of sp³-hybridized carbons (Fsp3) is 0.372. The summed E-state index contributed by atoms with van der Waals surface area (Å²) in [6.45, 7) is 10.9. The second-order valence-corrected chi connectivity index (χ2v) is 15.9. The van der Waals surface area contributed by atoms with E-state index in [-0.39, 0.29) is 18.7 Å². The Morgan fingerprint density at radius 2 is 1.47 bits per heavy atom. The highest BCUT2D eigenvalue weighted by molar-refractivity contribution is 6.23. The molecular formula is C43H47N11O4. The Bertz CT molecular complexity index is 2410. The molecule has 6 heterocycles. The summed E-state index contributed by atoms with van der Waals surface area (Å²) in [4.78, 5) is 68.2. The van der Waals surface area contributed by atoms with E-state index >= 15 is 0 Å². The lowest BCUT2D eigenvalue weighted by Gasteiger charge is -2.40. The zero-order chi connectivity index (χ0) is 40.1. The van der Waals surface area contributed by atoms with Gasteiger partial charge in [0, 0.05) is 88.2 Å². The first-order valence-corrected chi connectivity index (χ1v) is 20.1. The monoisotopic (exact) mass is 781 g/mol. The highest BCUT2D eigenvalue weighted by atomic mass is 16.2. The lowest BCUT2D eigenvalue weighted by atomic mass is 9.95. The minimum atomic E-state index is -0.961. The van der Waals surface area contributed by atoms with Gasteiger partial charge in [0.15, 0.2) is 11.5 Å². The summed E-state index contributed by atoms with van der Waals surface area (Å²) < 4.78 is 1.77. The van der Waals surface area contributed by atoms with Crippen molar-refractivity contribution in [3.63, 3.8) is 0 Å². The van der Waals surface area contributed by atoms with Crippen LogP contribution in [0.2, 0.25) is 0 Å². The number of nitrogens with one attached hydrogen (secondary N) is 3. The molecule has 4 aliphatic heterocycles. The van der Waals surface area contributed by atoms with Crippen molar-refractivity contribution in [3.8, 4) is 0 Å². The van der Waals surface area contributed by atoms with Gasteiger partial charge >= 0.3 is 0 Å². The summed E-state index contributed by atoms with van der Waals surface area (Å²) in [5.41, 5.74) is 7.74. The average molecular weight is 782 g/mol. The minimum absolute atomic E-state index is 0.102. The molecule has 5 aromatic rings. The number of piperazine rings is 1. The lowest BCUT2D eigenvalue weighted by molar-refractivity contribution is -0.136. The molecule has 0 radical (unpaired) electrons. The zero-order valence-electron chi connectivity index (χ0n) is 33.0. The van der Waals surface area contributed by atoms with E-state index in [1.807, 2.05) is 19.3 Å². The van der Waals surface area contributed by atoms with Gasteiger partial charge in [0.05, 0.1) is 16.5 Å². The van der Waals surface area contributed by atoms with E-state index in [1.165, 1.54) is 5.69 Å². The molecule has 58 heavy (non-hydrogen) atoms. The summed E-state index contributed by atoms with van der Waals surface area (Å²) in [7, 11) is 1.89. The normalized spacial score (nSPS) is 19.2. The van der Waals surface area contributed by atoms with Crippen molar-refractivity contribution in [1.82, 2.24) is 34.9 Å². The van der Waals surface area contributed by atoms with E-state index in [0.29, 0.717) is 23.0 Å². The van der Waals surface area contributed by atoms with Crippen molar-refractivity contribution in [2.24, 2.45) is 13.0 Å². The number of fused-ring (bicyclic) bond motifs is 2. The first kappa shape index (κ1) is 37.2. The van der Waals surface area contributed by atoms with Gasteiger partial charge in [0.2, 0.25) is 17.8 Å². The second kappa shape index (κ2) is 15.2. The molecule has 9 rings (SSSR count). The van der Waals surface area contributed by atoms with Crippen LogP contribution in [-0.4, -0.2) is 105 Å². The van der Waals surface area contributed by atoms with Gasteiger partial charge in [0.1, 0.15) is 6.04 Å². The highest BCUT2D eigenvalue weighted by Crippen LogP contribution is 2.33. The smallest absolute Gasteiger partial charge is 0.262 e. The molecule has 3 N–H and O–H groups in total. The number of aromatic nitrogens is 4. The van der Waals surface area contributed by atoms with Crippen LogP contribution in [0.5, 0.6) is 0 Å². The third kappa shape index (κ3) is 7.10. The molecule has 4 amide bonds. The molecule has 3 saturated heterocycles. The molecule has 1 unspecified atom stereocenters. The molecular weight excluding hydrogens is 735 g/mol. The van der Waals surface area contributed by atoms with E-state index in [1.54, 1.807) is 16.8 Å². The Kier molecular flexibility index (Phi) is 9.76. The number of carbonyl (C=O) groups excluding carboxylic acids is 4. The van der Waals surface area contributed by atoms with Crippen LogP contribution in [0.15, 0.2) is 66.9 Å². The fourth-order valence-electron chi connectivity index (χ4n) is 8.79. The Morgan fingerprint density at radius 3 is 2.19 bits per heavy atom. The number of carbonyl (C=O) groups is 4. The van der Waals surface area contributed by atoms with Crippen LogP contribution < -0.4 is 25.8 Å². The molecule has 0 aliphatic carbocycles. The molecule has 0 bridgehead atoms. The molecule has 0 spiro atoms. The van der Waals surface area contributed by atoms with E-state index in [2.05, 4.69) is 91.9 Å². The molecule has 3 aromatic carbocycles. The Morgan fingerprint density at radius 1 is 0.776 bits per heavy atom. The van der Waals surface area contributed by atoms with Crippen molar-refractivity contribution in [2.45, 2.75) is 45.6 Å². The van der Waals surface area contributed by atoms with Gasteiger partial charge in [-0.05, 0) is 92.6 Å². The quantitative estimate of drug-likeness (QED) is 0.174. The molecule has 15 heteroatoms. The zero-order valence-corrected chi connectivity index (χ0v) is 33.0. The lowest BCUT2D eigenvalue weighted by Crippen LogP contribution is -2.54. The maximum Gasteiger partial charge on any atom is 0.262 e. The second-order valence-electron chi connectivity index (χ2n) is 15.9. The van der Waals surface area contributed by atoms with Crippen LogP contribution in [0.1, 0.15) is 57.5 Å². The molecule has 0 saturated carbocycles. The van der Waals surface area contributed by atoms with Crippen LogP contribution >= 0.6 is 0 Å². The standard InChI is InChI=1S/C43H47N11O4/c1-26-5-4-6-27(2)37(26)47-38-34-24-44-43(48-39(34)50(3)49-38)45-29-7-9-30(10-8-29)53-21-19-51(20-22-53)25-28-15-17-52(18-16-28)31-11-12-32-33(23-31)42(58)54(41(32)57)35-13-14-36(55)46-40(35)56/h4-12,23-24,28,35H,13-22,25H2,1-3H3,(H,47,49)(H,44,45,48)(H,46,55,56). The molecule has 1 atom stereocenters. The van der Waals surface area contributed by atoms with Crippen LogP contribution in [0.4, 0.5) is 34.5 Å². The number of nitrogens with zero attached hydrogens (tertiary/aromatic N) is 8. The van der Waals surface area contributed by atoms with Crippen molar-refractivity contribution in [3.05, 3.63) is 89.1 Å². The van der Waals surface area contributed by atoms with Crippen LogP contribution in [-0.2, 0) is 16.6 Å². The van der Waals surface area contributed by atoms with Gasteiger partial charge in [-0.25, -0.2) is 9.67 Å².